The number of amides is 2. The number of para-hydroxylation sites is 1. The Bertz CT molecular complexity index is 1170. The number of oxazole rings is 1. The lowest BCUT2D eigenvalue weighted by molar-refractivity contribution is 0.262. The van der Waals surface area contributed by atoms with E-state index in [0.29, 0.717) is 11.4 Å². The first-order chi connectivity index (χ1) is 14.5. The minimum absolute atomic E-state index is 0.483. The molecule has 4 aromatic rings. The molecule has 1 heterocycles. The molecule has 1 aromatic heterocycles. The first-order valence-corrected chi connectivity index (χ1v) is 9.13. The van der Waals surface area contributed by atoms with Crippen molar-refractivity contribution in [2.75, 3.05) is 10.6 Å². The molecule has 0 aliphatic heterocycles. The van der Waals surface area contributed by atoms with E-state index in [-0.39, 0.29) is 0 Å². The average Bonchev–Trinajstić information content (AvgIpc) is 3.27. The number of anilines is 2. The van der Waals surface area contributed by atoms with Gasteiger partial charge in [0.05, 0.1) is 6.20 Å². The molecule has 3 aromatic carbocycles. The molecule has 0 atom stereocenters. The van der Waals surface area contributed by atoms with Crippen molar-refractivity contribution in [3.8, 4) is 22.5 Å². The van der Waals surface area contributed by atoms with Gasteiger partial charge in [-0.25, -0.2) is 18.6 Å². The third kappa shape index (κ3) is 4.05. The summed E-state index contributed by atoms with van der Waals surface area (Å²) in [5.41, 5.74) is 3.92. The first kappa shape index (κ1) is 19.3. The van der Waals surface area contributed by atoms with Gasteiger partial charge in [0, 0.05) is 11.3 Å². The van der Waals surface area contributed by atoms with E-state index < -0.39 is 23.4 Å². The molecule has 0 radical (unpaired) electrons. The normalized spacial score (nSPS) is 10.6. The molecule has 0 saturated carbocycles. The first-order valence-electron chi connectivity index (χ1n) is 9.13. The molecule has 0 spiro atoms. The number of urea groups is 1. The minimum atomic E-state index is -0.845. The zero-order valence-corrected chi connectivity index (χ0v) is 15.9. The van der Waals surface area contributed by atoms with Crippen molar-refractivity contribution in [3.63, 3.8) is 0 Å². The Balaban J connectivity index is 1.51. The van der Waals surface area contributed by atoms with Crippen LogP contribution in [-0.4, -0.2) is 11.0 Å². The SMILES string of the molecule is Cc1ccc(-c2cnco2)cc1-c1ccc(NC(=O)Nc2c(F)cccc2F)cc1. The Morgan fingerprint density at radius 2 is 1.63 bits per heavy atom. The molecule has 0 aliphatic carbocycles. The number of carbonyl (C=O) groups is 1. The number of hydrogen-bond acceptors (Lipinski definition) is 3. The predicted octanol–water partition coefficient (Wildman–Crippen LogP) is 6.24. The number of rotatable bonds is 4. The smallest absolute Gasteiger partial charge is 0.323 e. The standard InChI is InChI=1S/C23H17F2N3O2/c1-14-5-6-16(21-12-26-13-30-21)11-18(14)15-7-9-17(10-8-15)27-23(29)28-22-19(24)3-2-4-20(22)25/h2-13H,1H3,(H2,27,28,29). The number of nitrogens with one attached hydrogen (secondary N) is 2. The van der Waals surface area contributed by atoms with Gasteiger partial charge in [0.15, 0.2) is 12.2 Å². The summed E-state index contributed by atoms with van der Waals surface area (Å²) >= 11 is 0. The van der Waals surface area contributed by atoms with Gasteiger partial charge in [0.25, 0.3) is 0 Å². The minimum Gasteiger partial charge on any atom is -0.444 e. The zero-order valence-electron chi connectivity index (χ0n) is 15.9. The summed E-state index contributed by atoms with van der Waals surface area (Å²) in [6, 6.07) is 15.7. The van der Waals surface area contributed by atoms with Gasteiger partial charge in [-0.1, -0.05) is 30.3 Å². The van der Waals surface area contributed by atoms with Gasteiger partial charge in [0.2, 0.25) is 0 Å². The van der Waals surface area contributed by atoms with Crippen LogP contribution in [0, 0.1) is 18.6 Å². The van der Waals surface area contributed by atoms with E-state index in [2.05, 4.69) is 15.6 Å². The highest BCUT2D eigenvalue weighted by molar-refractivity contribution is 6.00. The third-order valence-corrected chi connectivity index (χ3v) is 4.61. The largest absolute Gasteiger partial charge is 0.444 e. The van der Waals surface area contributed by atoms with E-state index in [1.165, 1.54) is 12.5 Å². The number of aryl methyl sites for hydroxylation is 1. The molecule has 0 aliphatic rings. The van der Waals surface area contributed by atoms with Crippen molar-refractivity contribution in [3.05, 3.63) is 90.5 Å². The van der Waals surface area contributed by atoms with Crippen molar-refractivity contribution in [2.45, 2.75) is 6.92 Å². The maximum atomic E-state index is 13.7. The van der Waals surface area contributed by atoms with Crippen LogP contribution >= 0.6 is 0 Å². The summed E-state index contributed by atoms with van der Waals surface area (Å²) in [4.78, 5) is 16.0. The second kappa shape index (κ2) is 8.16. The van der Waals surface area contributed by atoms with Crippen LogP contribution in [0.15, 0.2) is 77.7 Å². The van der Waals surface area contributed by atoms with E-state index >= 15 is 0 Å². The number of carbonyl (C=O) groups excluding carboxylic acids is 1. The van der Waals surface area contributed by atoms with Crippen LogP contribution in [0.5, 0.6) is 0 Å². The van der Waals surface area contributed by atoms with E-state index in [1.807, 2.05) is 37.3 Å². The van der Waals surface area contributed by atoms with E-state index in [9.17, 15) is 13.6 Å². The number of aromatic nitrogens is 1. The lowest BCUT2D eigenvalue weighted by atomic mass is 9.97. The highest BCUT2D eigenvalue weighted by Crippen LogP contribution is 2.30. The van der Waals surface area contributed by atoms with E-state index in [1.54, 1.807) is 18.3 Å². The van der Waals surface area contributed by atoms with Gasteiger partial charge >= 0.3 is 6.03 Å². The Labute approximate surface area is 171 Å². The Kier molecular flexibility index (Phi) is 5.26. The lowest BCUT2D eigenvalue weighted by Gasteiger charge is -2.11. The summed E-state index contributed by atoms with van der Waals surface area (Å²) in [6.45, 7) is 2.00. The highest BCUT2D eigenvalue weighted by atomic mass is 19.1. The molecule has 0 saturated heterocycles. The molecule has 7 heteroatoms. The summed E-state index contributed by atoms with van der Waals surface area (Å²) in [5.74, 6) is -1.02. The van der Waals surface area contributed by atoms with Crippen LogP contribution in [0.3, 0.4) is 0 Å². The van der Waals surface area contributed by atoms with Crippen molar-refractivity contribution in [2.24, 2.45) is 0 Å². The summed E-state index contributed by atoms with van der Waals surface area (Å²) < 4.78 is 32.7. The predicted molar refractivity (Wildman–Crippen MR) is 111 cm³/mol. The summed E-state index contributed by atoms with van der Waals surface area (Å²) in [5, 5.41) is 4.75. The maximum absolute atomic E-state index is 13.7. The van der Waals surface area contributed by atoms with Crippen LogP contribution < -0.4 is 10.6 Å². The average molecular weight is 405 g/mol. The topological polar surface area (TPSA) is 67.2 Å². The van der Waals surface area contributed by atoms with Crippen LogP contribution in [0.1, 0.15) is 5.56 Å². The van der Waals surface area contributed by atoms with Gasteiger partial charge in [-0.15, -0.1) is 0 Å². The van der Waals surface area contributed by atoms with Crippen molar-refractivity contribution < 1.29 is 18.0 Å². The fraction of sp³-hybridized carbons (Fsp3) is 0.0435. The second-order valence-electron chi connectivity index (χ2n) is 6.65. The maximum Gasteiger partial charge on any atom is 0.323 e. The number of halogens is 2. The van der Waals surface area contributed by atoms with E-state index in [0.717, 1.165) is 34.4 Å². The fourth-order valence-corrected chi connectivity index (χ4v) is 3.07. The zero-order chi connectivity index (χ0) is 21.1. The summed E-state index contributed by atoms with van der Waals surface area (Å²) in [6.07, 6.45) is 3.03. The fourth-order valence-electron chi connectivity index (χ4n) is 3.07. The number of hydrogen-bond donors (Lipinski definition) is 2. The lowest BCUT2D eigenvalue weighted by Crippen LogP contribution is -2.20. The molecule has 2 amide bonds. The molecular formula is C23H17F2N3O2. The van der Waals surface area contributed by atoms with Crippen LogP contribution in [0.4, 0.5) is 25.0 Å². The molecule has 0 bridgehead atoms. The number of benzene rings is 3. The van der Waals surface area contributed by atoms with Crippen LogP contribution in [0.2, 0.25) is 0 Å². The molecule has 2 N–H and O–H groups in total. The quantitative estimate of drug-likeness (QED) is 0.422. The highest BCUT2D eigenvalue weighted by Gasteiger charge is 2.12. The van der Waals surface area contributed by atoms with Gasteiger partial charge < -0.3 is 15.1 Å². The van der Waals surface area contributed by atoms with Gasteiger partial charge in [-0.2, -0.15) is 0 Å². The van der Waals surface area contributed by atoms with Crippen LogP contribution in [-0.2, 0) is 0 Å². The van der Waals surface area contributed by atoms with E-state index in [4.69, 9.17) is 4.42 Å². The third-order valence-electron chi connectivity index (χ3n) is 4.61. The van der Waals surface area contributed by atoms with Crippen LogP contribution in [0.25, 0.3) is 22.5 Å². The Morgan fingerprint density at radius 1 is 0.933 bits per heavy atom. The second-order valence-corrected chi connectivity index (χ2v) is 6.65. The van der Waals surface area contributed by atoms with Crippen molar-refractivity contribution in [1.82, 2.24) is 4.98 Å². The molecule has 0 fully saturated rings. The van der Waals surface area contributed by atoms with Gasteiger partial charge in [0.1, 0.15) is 17.3 Å². The number of nitrogens with zero attached hydrogens (tertiary/aromatic N) is 1. The molecule has 4 rings (SSSR count). The van der Waals surface area contributed by atoms with Gasteiger partial charge in [-0.3, -0.25) is 0 Å². The Hall–Kier alpha value is -4.00. The van der Waals surface area contributed by atoms with Crippen molar-refractivity contribution in [1.29, 1.82) is 0 Å². The monoisotopic (exact) mass is 405 g/mol. The van der Waals surface area contributed by atoms with Crippen molar-refractivity contribution >= 4 is 17.4 Å². The molecular weight excluding hydrogens is 388 g/mol. The Morgan fingerprint density at radius 3 is 2.30 bits per heavy atom. The van der Waals surface area contributed by atoms with Gasteiger partial charge in [-0.05, 0) is 53.9 Å². The molecule has 150 valence electrons. The molecule has 5 nitrogen and oxygen atoms in total. The summed E-state index contributed by atoms with van der Waals surface area (Å²) in [7, 11) is 0. The molecule has 30 heavy (non-hydrogen) atoms. The molecule has 0 unspecified atom stereocenters.